The number of phenols is 1. The maximum Gasteiger partial charge on any atom is 0.168 e. The predicted molar refractivity (Wildman–Crippen MR) is 69.3 cm³/mol. The van der Waals surface area contributed by atoms with Crippen LogP contribution in [0.5, 0.6) is 11.5 Å². The van der Waals surface area contributed by atoms with Crippen molar-refractivity contribution in [1.29, 1.82) is 0 Å². The standard InChI is InChI=1S/C14H12N2O2/c1-18-14-11-6-3-2-5-10(11)12(9-13(14)17)16-8-4-7-15-16/h2-9,17H,1H3. The van der Waals surface area contributed by atoms with E-state index in [1.165, 1.54) is 0 Å². The van der Waals surface area contributed by atoms with E-state index in [-0.39, 0.29) is 5.75 Å². The Morgan fingerprint density at radius 3 is 2.61 bits per heavy atom. The molecule has 0 saturated carbocycles. The number of phenolic OH excluding ortho intramolecular Hbond substituents is 1. The molecule has 0 bridgehead atoms. The van der Waals surface area contributed by atoms with Gasteiger partial charge in [0.05, 0.1) is 12.8 Å². The fraction of sp³-hybridized carbons (Fsp3) is 0.0714. The maximum absolute atomic E-state index is 10.0. The van der Waals surface area contributed by atoms with E-state index in [4.69, 9.17) is 4.74 Å². The van der Waals surface area contributed by atoms with Crippen LogP contribution in [0.2, 0.25) is 0 Å². The number of aromatic hydroxyl groups is 1. The first-order valence-electron chi connectivity index (χ1n) is 5.60. The normalized spacial score (nSPS) is 10.7. The number of methoxy groups -OCH3 is 1. The Morgan fingerprint density at radius 2 is 1.94 bits per heavy atom. The Hall–Kier alpha value is -2.49. The molecule has 0 aliphatic carbocycles. The first kappa shape index (κ1) is 10.7. The summed E-state index contributed by atoms with van der Waals surface area (Å²) in [5, 5.41) is 16.1. The summed E-state index contributed by atoms with van der Waals surface area (Å²) in [6.07, 6.45) is 3.55. The van der Waals surface area contributed by atoms with Crippen LogP contribution in [0.3, 0.4) is 0 Å². The number of aromatic nitrogens is 2. The van der Waals surface area contributed by atoms with Crippen LogP contribution in [-0.4, -0.2) is 22.0 Å². The second kappa shape index (κ2) is 4.07. The van der Waals surface area contributed by atoms with E-state index in [2.05, 4.69) is 5.10 Å². The van der Waals surface area contributed by atoms with Gasteiger partial charge < -0.3 is 9.84 Å². The predicted octanol–water partition coefficient (Wildman–Crippen LogP) is 2.74. The summed E-state index contributed by atoms with van der Waals surface area (Å²) in [5.41, 5.74) is 0.828. The van der Waals surface area contributed by atoms with Crippen molar-refractivity contribution >= 4 is 10.8 Å². The minimum atomic E-state index is 0.113. The minimum absolute atomic E-state index is 0.113. The molecule has 0 spiro atoms. The highest BCUT2D eigenvalue weighted by Crippen LogP contribution is 2.38. The molecule has 18 heavy (non-hydrogen) atoms. The molecule has 4 nitrogen and oxygen atoms in total. The molecule has 0 amide bonds. The second-order valence-corrected chi connectivity index (χ2v) is 3.94. The van der Waals surface area contributed by atoms with Crippen LogP contribution in [0, 0.1) is 0 Å². The number of rotatable bonds is 2. The average Bonchev–Trinajstić information content (AvgIpc) is 2.91. The molecule has 0 aliphatic rings. The van der Waals surface area contributed by atoms with Gasteiger partial charge >= 0.3 is 0 Å². The molecule has 0 atom stereocenters. The zero-order valence-corrected chi connectivity index (χ0v) is 9.87. The summed E-state index contributed by atoms with van der Waals surface area (Å²) in [6.45, 7) is 0. The Kier molecular flexibility index (Phi) is 2.41. The van der Waals surface area contributed by atoms with Crippen LogP contribution >= 0.6 is 0 Å². The van der Waals surface area contributed by atoms with Crippen LogP contribution in [0.15, 0.2) is 48.8 Å². The van der Waals surface area contributed by atoms with Crippen LogP contribution in [0.25, 0.3) is 16.5 Å². The van der Waals surface area contributed by atoms with Gasteiger partial charge in [0.2, 0.25) is 0 Å². The first-order chi connectivity index (χ1) is 8.81. The van der Waals surface area contributed by atoms with Gasteiger partial charge in [-0.15, -0.1) is 0 Å². The minimum Gasteiger partial charge on any atom is -0.504 e. The number of hydrogen-bond donors (Lipinski definition) is 1. The fourth-order valence-corrected chi connectivity index (χ4v) is 2.13. The van der Waals surface area contributed by atoms with Crippen molar-refractivity contribution in [1.82, 2.24) is 9.78 Å². The second-order valence-electron chi connectivity index (χ2n) is 3.94. The van der Waals surface area contributed by atoms with Crippen molar-refractivity contribution in [3.63, 3.8) is 0 Å². The summed E-state index contributed by atoms with van der Waals surface area (Å²) in [4.78, 5) is 0. The number of benzene rings is 2. The van der Waals surface area contributed by atoms with E-state index in [9.17, 15) is 5.11 Å². The van der Waals surface area contributed by atoms with Crippen LogP contribution in [0.1, 0.15) is 0 Å². The van der Waals surface area contributed by atoms with E-state index in [0.29, 0.717) is 5.75 Å². The Morgan fingerprint density at radius 1 is 1.17 bits per heavy atom. The molecule has 1 heterocycles. The lowest BCUT2D eigenvalue weighted by Gasteiger charge is -2.12. The largest absolute Gasteiger partial charge is 0.504 e. The summed E-state index contributed by atoms with van der Waals surface area (Å²) in [6, 6.07) is 11.3. The van der Waals surface area contributed by atoms with E-state index >= 15 is 0 Å². The van der Waals surface area contributed by atoms with Gasteiger partial charge in [-0.05, 0) is 6.07 Å². The third-order valence-corrected chi connectivity index (χ3v) is 2.91. The monoisotopic (exact) mass is 240 g/mol. The van der Waals surface area contributed by atoms with Gasteiger partial charge in [-0.2, -0.15) is 5.10 Å². The Balaban J connectivity index is 2.40. The smallest absolute Gasteiger partial charge is 0.168 e. The van der Waals surface area contributed by atoms with Gasteiger partial charge in [-0.25, -0.2) is 4.68 Å². The number of nitrogens with zero attached hydrogens (tertiary/aromatic N) is 2. The van der Waals surface area contributed by atoms with E-state index in [0.717, 1.165) is 16.5 Å². The van der Waals surface area contributed by atoms with Gasteiger partial charge in [-0.1, -0.05) is 24.3 Å². The van der Waals surface area contributed by atoms with Gasteiger partial charge in [0.25, 0.3) is 0 Å². The zero-order chi connectivity index (χ0) is 12.5. The molecule has 1 aromatic heterocycles. The molecule has 4 heteroatoms. The van der Waals surface area contributed by atoms with Crippen LogP contribution in [-0.2, 0) is 0 Å². The van der Waals surface area contributed by atoms with E-state index < -0.39 is 0 Å². The van der Waals surface area contributed by atoms with Gasteiger partial charge in [0.15, 0.2) is 11.5 Å². The third-order valence-electron chi connectivity index (χ3n) is 2.91. The Bertz CT molecular complexity index is 690. The highest BCUT2D eigenvalue weighted by molar-refractivity contribution is 5.96. The van der Waals surface area contributed by atoms with E-state index in [1.54, 1.807) is 24.1 Å². The van der Waals surface area contributed by atoms with Gasteiger partial charge in [-0.3, -0.25) is 0 Å². The fourth-order valence-electron chi connectivity index (χ4n) is 2.13. The number of hydrogen-bond acceptors (Lipinski definition) is 3. The third kappa shape index (κ3) is 1.50. The lowest BCUT2D eigenvalue weighted by atomic mass is 10.1. The van der Waals surface area contributed by atoms with Crippen LogP contribution in [0.4, 0.5) is 0 Å². The number of fused-ring (bicyclic) bond motifs is 1. The highest BCUT2D eigenvalue weighted by atomic mass is 16.5. The van der Waals surface area contributed by atoms with E-state index in [1.807, 2.05) is 36.5 Å². The molecule has 3 aromatic rings. The van der Waals surface area contributed by atoms with Crippen molar-refractivity contribution in [3.8, 4) is 17.2 Å². The molecule has 0 unspecified atom stereocenters. The summed E-state index contributed by atoms with van der Waals surface area (Å²) in [7, 11) is 1.55. The SMILES string of the molecule is COc1c(O)cc(-n2cccn2)c2ccccc12. The quantitative estimate of drug-likeness (QED) is 0.749. The summed E-state index contributed by atoms with van der Waals surface area (Å²) >= 11 is 0. The van der Waals surface area contributed by atoms with Crippen molar-refractivity contribution in [3.05, 3.63) is 48.8 Å². The molecule has 2 aromatic carbocycles. The lowest BCUT2D eigenvalue weighted by molar-refractivity contribution is 0.378. The molecule has 3 rings (SSSR count). The van der Waals surface area contributed by atoms with Gasteiger partial charge in [0.1, 0.15) is 0 Å². The molecule has 0 radical (unpaired) electrons. The molecule has 0 aliphatic heterocycles. The van der Waals surface area contributed by atoms with Crippen molar-refractivity contribution in [2.24, 2.45) is 0 Å². The van der Waals surface area contributed by atoms with Crippen molar-refractivity contribution in [2.45, 2.75) is 0 Å². The number of ether oxygens (including phenoxy) is 1. The first-order valence-corrected chi connectivity index (χ1v) is 5.60. The van der Waals surface area contributed by atoms with Gasteiger partial charge in [0, 0.05) is 29.2 Å². The molecular formula is C14H12N2O2. The maximum atomic E-state index is 10.0. The molecular weight excluding hydrogens is 228 g/mol. The average molecular weight is 240 g/mol. The van der Waals surface area contributed by atoms with Crippen LogP contribution < -0.4 is 4.74 Å². The molecule has 1 N–H and O–H groups in total. The molecule has 90 valence electrons. The lowest BCUT2D eigenvalue weighted by Crippen LogP contribution is -1.97. The topological polar surface area (TPSA) is 47.3 Å². The summed E-state index contributed by atoms with van der Waals surface area (Å²) < 4.78 is 6.97. The van der Waals surface area contributed by atoms with Crippen molar-refractivity contribution in [2.75, 3.05) is 7.11 Å². The summed E-state index contributed by atoms with van der Waals surface area (Å²) in [5.74, 6) is 0.600. The molecule has 0 fully saturated rings. The molecule has 0 saturated heterocycles. The Labute approximate surface area is 104 Å². The zero-order valence-electron chi connectivity index (χ0n) is 9.87. The highest BCUT2D eigenvalue weighted by Gasteiger charge is 2.12. The van der Waals surface area contributed by atoms with Crippen molar-refractivity contribution < 1.29 is 9.84 Å².